The number of rotatable bonds is 6. The van der Waals surface area contributed by atoms with Gasteiger partial charge in [-0.3, -0.25) is 4.98 Å². The first-order valence-corrected chi connectivity index (χ1v) is 8.29. The molecule has 0 saturated heterocycles. The van der Waals surface area contributed by atoms with E-state index < -0.39 is 0 Å². The van der Waals surface area contributed by atoms with Gasteiger partial charge in [0.15, 0.2) is 6.61 Å². The molecule has 7 heteroatoms. The second-order valence-corrected chi connectivity index (χ2v) is 5.74. The van der Waals surface area contributed by atoms with E-state index in [2.05, 4.69) is 15.1 Å². The van der Waals surface area contributed by atoms with Crippen LogP contribution in [0.1, 0.15) is 5.82 Å². The molecule has 0 aliphatic carbocycles. The lowest BCUT2D eigenvalue weighted by Crippen LogP contribution is -1.98. The van der Waals surface area contributed by atoms with E-state index in [4.69, 9.17) is 18.7 Å². The Labute approximate surface area is 155 Å². The third-order valence-corrected chi connectivity index (χ3v) is 4.02. The van der Waals surface area contributed by atoms with Gasteiger partial charge in [0.25, 0.3) is 5.89 Å². The van der Waals surface area contributed by atoms with Crippen molar-refractivity contribution in [3.8, 4) is 28.7 Å². The number of aromatic nitrogens is 3. The maximum absolute atomic E-state index is 5.85. The summed E-state index contributed by atoms with van der Waals surface area (Å²) in [7, 11) is 3.17. The highest BCUT2D eigenvalue weighted by Crippen LogP contribution is 2.29. The van der Waals surface area contributed by atoms with Crippen molar-refractivity contribution < 1.29 is 18.7 Å². The number of hydrogen-bond acceptors (Lipinski definition) is 7. The van der Waals surface area contributed by atoms with E-state index in [1.807, 2.05) is 30.3 Å². The lowest BCUT2D eigenvalue weighted by molar-refractivity contribution is 0.290. The molecule has 7 nitrogen and oxygen atoms in total. The molecule has 0 radical (unpaired) electrons. The number of methoxy groups -OCH3 is 2. The van der Waals surface area contributed by atoms with Crippen molar-refractivity contribution in [2.75, 3.05) is 14.2 Å². The van der Waals surface area contributed by atoms with Crippen LogP contribution in [0.25, 0.3) is 22.4 Å². The lowest BCUT2D eigenvalue weighted by Gasteiger charge is -2.06. The highest BCUT2D eigenvalue weighted by Gasteiger charge is 2.13. The van der Waals surface area contributed by atoms with E-state index in [1.165, 1.54) is 0 Å². The van der Waals surface area contributed by atoms with E-state index in [1.54, 1.807) is 38.6 Å². The third kappa shape index (κ3) is 3.52. The summed E-state index contributed by atoms with van der Waals surface area (Å²) in [5.74, 6) is 2.74. The third-order valence-electron chi connectivity index (χ3n) is 4.02. The van der Waals surface area contributed by atoms with Crippen LogP contribution in [-0.4, -0.2) is 29.3 Å². The van der Waals surface area contributed by atoms with Crippen LogP contribution in [-0.2, 0) is 6.61 Å². The van der Waals surface area contributed by atoms with Gasteiger partial charge in [0.05, 0.1) is 14.2 Å². The maximum atomic E-state index is 5.85. The quantitative estimate of drug-likeness (QED) is 0.514. The summed E-state index contributed by atoms with van der Waals surface area (Å²) in [5, 5.41) is 4.99. The Kier molecular flexibility index (Phi) is 4.57. The number of nitrogens with zero attached hydrogens (tertiary/aromatic N) is 3. The zero-order chi connectivity index (χ0) is 18.6. The van der Waals surface area contributed by atoms with Gasteiger partial charge in [-0.25, -0.2) is 0 Å². The second kappa shape index (κ2) is 7.33. The maximum Gasteiger partial charge on any atom is 0.258 e. The highest BCUT2D eigenvalue weighted by atomic mass is 16.5. The highest BCUT2D eigenvalue weighted by molar-refractivity contribution is 5.84. The molecule has 0 fully saturated rings. The van der Waals surface area contributed by atoms with E-state index in [9.17, 15) is 0 Å². The van der Waals surface area contributed by atoms with Crippen LogP contribution in [0.4, 0.5) is 0 Å². The molecule has 0 saturated carbocycles. The molecule has 2 aromatic heterocycles. The van der Waals surface area contributed by atoms with Crippen LogP contribution in [0, 0.1) is 0 Å². The van der Waals surface area contributed by atoms with Crippen molar-refractivity contribution in [2.24, 2.45) is 0 Å². The van der Waals surface area contributed by atoms with Crippen molar-refractivity contribution >= 4 is 10.9 Å². The van der Waals surface area contributed by atoms with Gasteiger partial charge in [-0.1, -0.05) is 23.4 Å². The smallest absolute Gasteiger partial charge is 0.258 e. The summed E-state index contributed by atoms with van der Waals surface area (Å²) < 4.78 is 21.7. The molecule has 136 valence electrons. The van der Waals surface area contributed by atoms with E-state index in [0.29, 0.717) is 34.5 Å². The molecular weight excluding hydrogens is 346 g/mol. The molecule has 0 atom stereocenters. The number of pyridine rings is 1. The fourth-order valence-corrected chi connectivity index (χ4v) is 2.70. The lowest BCUT2D eigenvalue weighted by atomic mass is 10.2. The Bertz CT molecular complexity index is 1050. The Hall–Kier alpha value is -3.61. The van der Waals surface area contributed by atoms with Crippen molar-refractivity contribution in [1.29, 1.82) is 0 Å². The molecular formula is C20H17N3O4. The van der Waals surface area contributed by atoms with Gasteiger partial charge in [0.1, 0.15) is 22.8 Å². The first-order chi connectivity index (χ1) is 13.3. The molecule has 0 aliphatic heterocycles. The van der Waals surface area contributed by atoms with Crippen LogP contribution < -0.4 is 14.2 Å². The van der Waals surface area contributed by atoms with Gasteiger partial charge in [0.2, 0.25) is 5.82 Å². The van der Waals surface area contributed by atoms with E-state index >= 15 is 0 Å². The molecule has 0 N–H and O–H groups in total. The monoisotopic (exact) mass is 363 g/mol. The number of benzene rings is 2. The van der Waals surface area contributed by atoms with Crippen LogP contribution in [0.5, 0.6) is 17.2 Å². The summed E-state index contributed by atoms with van der Waals surface area (Å²) in [5.41, 5.74) is 1.50. The summed E-state index contributed by atoms with van der Waals surface area (Å²) in [6.45, 7) is 0.167. The molecule has 4 rings (SSSR count). The number of para-hydroxylation sites is 1. The molecule has 0 amide bonds. The summed E-state index contributed by atoms with van der Waals surface area (Å²) in [6.07, 6.45) is 1.73. The second-order valence-electron chi connectivity index (χ2n) is 5.74. The molecule has 0 bridgehead atoms. The average Bonchev–Trinajstić information content (AvgIpc) is 3.21. The minimum atomic E-state index is 0.167. The molecule has 2 heterocycles. The Morgan fingerprint density at radius 1 is 0.963 bits per heavy atom. The van der Waals surface area contributed by atoms with Crippen molar-refractivity contribution in [2.45, 2.75) is 6.61 Å². The largest absolute Gasteiger partial charge is 0.497 e. The van der Waals surface area contributed by atoms with E-state index in [-0.39, 0.29) is 6.61 Å². The van der Waals surface area contributed by atoms with Crippen LogP contribution in [0.2, 0.25) is 0 Å². The summed E-state index contributed by atoms with van der Waals surface area (Å²) in [6, 6.07) is 15.0. The number of hydrogen-bond donors (Lipinski definition) is 0. The van der Waals surface area contributed by atoms with Gasteiger partial charge in [-0.15, -0.1) is 0 Å². The predicted molar refractivity (Wildman–Crippen MR) is 98.9 cm³/mol. The molecule has 27 heavy (non-hydrogen) atoms. The first kappa shape index (κ1) is 16.8. The standard InChI is InChI=1S/C20H17N3O4/c1-24-15-9-14(10-16(11-15)25-2)20-22-18(23-27-20)12-26-17-7-3-5-13-6-4-8-21-19(13)17/h3-11H,12H2,1-2H3. The topological polar surface area (TPSA) is 79.5 Å². The van der Waals surface area contributed by atoms with E-state index in [0.717, 1.165) is 10.9 Å². The van der Waals surface area contributed by atoms with Gasteiger partial charge in [0, 0.05) is 23.2 Å². The van der Waals surface area contributed by atoms with Gasteiger partial charge in [-0.05, 0) is 24.3 Å². The van der Waals surface area contributed by atoms with Gasteiger partial charge >= 0.3 is 0 Å². The number of fused-ring (bicyclic) bond motifs is 1. The average molecular weight is 363 g/mol. The van der Waals surface area contributed by atoms with Crippen LogP contribution in [0.3, 0.4) is 0 Å². The van der Waals surface area contributed by atoms with Crippen LogP contribution in [0.15, 0.2) is 59.3 Å². The van der Waals surface area contributed by atoms with Gasteiger partial charge in [-0.2, -0.15) is 4.98 Å². The molecule has 0 aliphatic rings. The minimum absolute atomic E-state index is 0.167. The molecule has 0 unspecified atom stereocenters. The Morgan fingerprint density at radius 2 is 1.74 bits per heavy atom. The number of ether oxygens (including phenoxy) is 3. The minimum Gasteiger partial charge on any atom is -0.497 e. The Balaban J connectivity index is 1.55. The zero-order valence-electron chi connectivity index (χ0n) is 14.9. The van der Waals surface area contributed by atoms with Crippen molar-refractivity contribution in [1.82, 2.24) is 15.1 Å². The molecule has 0 spiro atoms. The SMILES string of the molecule is COc1cc(OC)cc(-c2nc(COc3cccc4cccnc34)no2)c1. The summed E-state index contributed by atoms with van der Waals surface area (Å²) >= 11 is 0. The van der Waals surface area contributed by atoms with Crippen molar-refractivity contribution in [3.05, 3.63) is 60.6 Å². The van der Waals surface area contributed by atoms with Crippen molar-refractivity contribution in [3.63, 3.8) is 0 Å². The molecule has 2 aromatic carbocycles. The first-order valence-electron chi connectivity index (χ1n) is 8.29. The molecule has 4 aromatic rings. The fourth-order valence-electron chi connectivity index (χ4n) is 2.70. The summed E-state index contributed by atoms with van der Waals surface area (Å²) in [4.78, 5) is 8.76. The van der Waals surface area contributed by atoms with Gasteiger partial charge < -0.3 is 18.7 Å². The predicted octanol–water partition coefficient (Wildman–Crippen LogP) is 3.88. The van der Waals surface area contributed by atoms with Crippen LogP contribution >= 0.6 is 0 Å². The zero-order valence-corrected chi connectivity index (χ0v) is 14.9. The fraction of sp³-hybridized carbons (Fsp3) is 0.150. The normalized spacial score (nSPS) is 10.7. The Morgan fingerprint density at radius 3 is 2.52 bits per heavy atom.